The lowest BCUT2D eigenvalue weighted by molar-refractivity contribution is -0.141. The molecule has 1 aromatic carbocycles. The summed E-state index contributed by atoms with van der Waals surface area (Å²) in [6.45, 7) is 0.0793. The van der Waals surface area contributed by atoms with Crippen LogP contribution in [0.15, 0.2) is 36.7 Å². The van der Waals surface area contributed by atoms with E-state index in [2.05, 4.69) is 5.10 Å². The maximum absolute atomic E-state index is 12.7. The van der Waals surface area contributed by atoms with Gasteiger partial charge in [0.2, 0.25) is 5.91 Å². The molecule has 0 saturated carbocycles. The Hall–Kier alpha value is -2.96. The second-order valence-electron chi connectivity index (χ2n) is 5.49. The van der Waals surface area contributed by atoms with Crippen LogP contribution < -0.4 is 0 Å². The normalized spacial score (nSPS) is 17.3. The molecule has 2 heterocycles. The van der Waals surface area contributed by atoms with Gasteiger partial charge in [-0.3, -0.25) is 24.0 Å². The first-order valence-electron chi connectivity index (χ1n) is 7.11. The summed E-state index contributed by atoms with van der Waals surface area (Å²) in [4.78, 5) is 37.5. The van der Waals surface area contributed by atoms with E-state index in [1.54, 1.807) is 48.4 Å². The predicted molar refractivity (Wildman–Crippen MR) is 79.5 cm³/mol. The predicted octanol–water partition coefficient (Wildman–Crippen LogP) is 1.16. The van der Waals surface area contributed by atoms with E-state index in [9.17, 15) is 14.4 Å². The minimum Gasteiger partial charge on any atom is -0.481 e. The Labute approximate surface area is 132 Å². The first kappa shape index (κ1) is 15.0. The van der Waals surface area contributed by atoms with E-state index in [4.69, 9.17) is 5.11 Å². The number of fused-ring (bicyclic) bond motifs is 1. The molecular weight excluding hydrogens is 298 g/mol. The van der Waals surface area contributed by atoms with Crippen LogP contribution in [0.3, 0.4) is 0 Å². The number of aromatic nitrogens is 2. The van der Waals surface area contributed by atoms with Crippen LogP contribution in [0.1, 0.15) is 33.8 Å². The Morgan fingerprint density at radius 1 is 1.30 bits per heavy atom. The van der Waals surface area contributed by atoms with Crippen molar-refractivity contribution in [2.75, 3.05) is 0 Å². The van der Waals surface area contributed by atoms with Crippen LogP contribution in [0.25, 0.3) is 0 Å². The molecule has 0 bridgehead atoms. The fourth-order valence-corrected chi connectivity index (χ4v) is 2.82. The molecule has 1 aliphatic heterocycles. The lowest BCUT2D eigenvalue weighted by Gasteiger charge is -2.31. The van der Waals surface area contributed by atoms with Gasteiger partial charge in [-0.15, -0.1) is 0 Å². The number of amides is 2. The molecule has 118 valence electrons. The average molecular weight is 313 g/mol. The minimum absolute atomic E-state index is 0.0793. The number of carbonyl (C=O) groups excluding carboxylic acids is 2. The molecule has 1 N–H and O–H groups in total. The molecule has 0 radical (unpaired) electrons. The van der Waals surface area contributed by atoms with Gasteiger partial charge in [0.1, 0.15) is 0 Å². The lowest BCUT2D eigenvalue weighted by Crippen LogP contribution is -2.44. The SMILES string of the molecule is Cn1cc(CN2C(=O)c3ccccc3C(CC(=O)O)C2=O)cn1. The number of aryl methyl sites for hydroxylation is 1. The van der Waals surface area contributed by atoms with E-state index in [-0.39, 0.29) is 13.0 Å². The number of hydrogen-bond acceptors (Lipinski definition) is 4. The van der Waals surface area contributed by atoms with Crippen molar-refractivity contribution in [1.29, 1.82) is 0 Å². The summed E-state index contributed by atoms with van der Waals surface area (Å²) in [7, 11) is 1.74. The molecule has 1 unspecified atom stereocenters. The second-order valence-corrected chi connectivity index (χ2v) is 5.49. The van der Waals surface area contributed by atoms with Gasteiger partial charge in [0.25, 0.3) is 5.91 Å². The van der Waals surface area contributed by atoms with Crippen molar-refractivity contribution < 1.29 is 19.5 Å². The highest BCUT2D eigenvalue weighted by molar-refractivity contribution is 6.12. The number of carboxylic acids is 1. The van der Waals surface area contributed by atoms with Gasteiger partial charge in [0, 0.05) is 24.4 Å². The summed E-state index contributed by atoms with van der Waals surface area (Å²) in [5.41, 5.74) is 1.57. The highest BCUT2D eigenvalue weighted by atomic mass is 16.4. The Morgan fingerprint density at radius 2 is 2.04 bits per heavy atom. The fourth-order valence-electron chi connectivity index (χ4n) is 2.82. The third-order valence-corrected chi connectivity index (χ3v) is 3.85. The highest BCUT2D eigenvalue weighted by Crippen LogP contribution is 2.32. The third-order valence-electron chi connectivity index (χ3n) is 3.85. The number of aliphatic carboxylic acids is 1. The average Bonchev–Trinajstić information content (AvgIpc) is 2.93. The number of nitrogens with zero attached hydrogens (tertiary/aromatic N) is 3. The van der Waals surface area contributed by atoms with E-state index in [1.165, 1.54) is 0 Å². The van der Waals surface area contributed by atoms with Crippen molar-refractivity contribution in [3.05, 3.63) is 53.3 Å². The van der Waals surface area contributed by atoms with E-state index in [1.807, 2.05) is 0 Å². The molecule has 7 nitrogen and oxygen atoms in total. The van der Waals surface area contributed by atoms with Crippen LogP contribution in [0, 0.1) is 0 Å². The first-order chi connectivity index (χ1) is 11.0. The molecule has 0 saturated heterocycles. The number of carbonyl (C=O) groups is 3. The Balaban J connectivity index is 1.99. The third kappa shape index (κ3) is 2.73. The van der Waals surface area contributed by atoms with Crippen molar-refractivity contribution in [2.45, 2.75) is 18.9 Å². The summed E-state index contributed by atoms with van der Waals surface area (Å²) in [5, 5.41) is 13.1. The van der Waals surface area contributed by atoms with Crippen molar-refractivity contribution >= 4 is 17.8 Å². The van der Waals surface area contributed by atoms with Gasteiger partial charge in [-0.1, -0.05) is 18.2 Å². The first-order valence-corrected chi connectivity index (χ1v) is 7.11. The van der Waals surface area contributed by atoms with Crippen molar-refractivity contribution in [2.24, 2.45) is 7.05 Å². The number of rotatable bonds is 4. The molecule has 1 aliphatic rings. The van der Waals surface area contributed by atoms with Crippen LogP contribution in [-0.4, -0.2) is 37.6 Å². The molecule has 7 heteroatoms. The van der Waals surface area contributed by atoms with Crippen LogP contribution in [0.2, 0.25) is 0 Å². The summed E-state index contributed by atoms with van der Waals surface area (Å²) in [6.07, 6.45) is 2.95. The molecule has 0 aliphatic carbocycles. The van der Waals surface area contributed by atoms with Crippen LogP contribution in [-0.2, 0) is 23.2 Å². The van der Waals surface area contributed by atoms with Gasteiger partial charge in [-0.25, -0.2) is 0 Å². The smallest absolute Gasteiger partial charge is 0.304 e. The molecule has 0 fully saturated rings. The topological polar surface area (TPSA) is 92.5 Å². The van der Waals surface area contributed by atoms with E-state index < -0.39 is 23.7 Å². The van der Waals surface area contributed by atoms with E-state index in [0.717, 1.165) is 4.90 Å². The number of hydrogen-bond donors (Lipinski definition) is 1. The van der Waals surface area contributed by atoms with Crippen molar-refractivity contribution in [1.82, 2.24) is 14.7 Å². The van der Waals surface area contributed by atoms with Gasteiger partial charge in [-0.05, 0) is 11.6 Å². The second kappa shape index (κ2) is 5.68. The van der Waals surface area contributed by atoms with Gasteiger partial charge >= 0.3 is 5.97 Å². The fraction of sp³-hybridized carbons (Fsp3) is 0.250. The molecule has 3 rings (SSSR count). The minimum atomic E-state index is -1.08. The zero-order chi connectivity index (χ0) is 16.6. The lowest BCUT2D eigenvalue weighted by atomic mass is 9.86. The zero-order valence-electron chi connectivity index (χ0n) is 12.5. The summed E-state index contributed by atoms with van der Waals surface area (Å²) in [5.74, 6) is -2.82. The van der Waals surface area contributed by atoms with Crippen molar-refractivity contribution in [3.8, 4) is 0 Å². The van der Waals surface area contributed by atoms with Gasteiger partial charge in [0.05, 0.1) is 25.1 Å². The number of carboxylic acid groups (broad SMARTS) is 1. The summed E-state index contributed by atoms with van der Waals surface area (Å²) < 4.78 is 1.58. The van der Waals surface area contributed by atoms with Gasteiger partial charge in [-0.2, -0.15) is 5.10 Å². The Morgan fingerprint density at radius 3 is 2.70 bits per heavy atom. The largest absolute Gasteiger partial charge is 0.481 e. The van der Waals surface area contributed by atoms with Gasteiger partial charge < -0.3 is 5.11 Å². The van der Waals surface area contributed by atoms with Crippen LogP contribution >= 0.6 is 0 Å². The molecule has 1 atom stereocenters. The van der Waals surface area contributed by atoms with E-state index in [0.29, 0.717) is 16.7 Å². The number of benzene rings is 1. The van der Waals surface area contributed by atoms with Crippen LogP contribution in [0.5, 0.6) is 0 Å². The molecule has 1 aromatic heterocycles. The Kier molecular flexibility index (Phi) is 3.69. The van der Waals surface area contributed by atoms with Gasteiger partial charge in [0.15, 0.2) is 0 Å². The molecule has 2 aromatic rings. The highest BCUT2D eigenvalue weighted by Gasteiger charge is 2.39. The number of imide groups is 1. The maximum atomic E-state index is 12.7. The Bertz CT molecular complexity index is 796. The van der Waals surface area contributed by atoms with Crippen molar-refractivity contribution in [3.63, 3.8) is 0 Å². The standard InChI is InChI=1S/C16H15N3O4/c1-18-8-10(7-17-18)9-19-15(22)12-5-3-2-4-11(12)13(16(19)23)6-14(20)21/h2-5,7-8,13H,6,9H2,1H3,(H,20,21). The van der Waals surface area contributed by atoms with E-state index >= 15 is 0 Å². The molecular formula is C16H15N3O4. The molecule has 23 heavy (non-hydrogen) atoms. The monoisotopic (exact) mass is 313 g/mol. The maximum Gasteiger partial charge on any atom is 0.304 e. The molecule has 0 spiro atoms. The quantitative estimate of drug-likeness (QED) is 0.855. The zero-order valence-corrected chi connectivity index (χ0v) is 12.5. The summed E-state index contributed by atoms with van der Waals surface area (Å²) in [6, 6.07) is 6.66. The molecule has 2 amide bonds. The van der Waals surface area contributed by atoms with Crippen LogP contribution in [0.4, 0.5) is 0 Å². The summed E-state index contributed by atoms with van der Waals surface area (Å²) >= 11 is 0.